The predicted molar refractivity (Wildman–Crippen MR) is 60.4 cm³/mol. The van der Waals surface area contributed by atoms with Gasteiger partial charge in [-0.1, -0.05) is 22.5 Å². The summed E-state index contributed by atoms with van der Waals surface area (Å²) in [5, 5.41) is 5.10. The number of amides is 1. The molecule has 0 aliphatic rings. The van der Waals surface area contributed by atoms with Crippen molar-refractivity contribution < 1.29 is 4.79 Å². The van der Waals surface area contributed by atoms with Gasteiger partial charge in [0.25, 0.3) is 5.91 Å². The average Bonchev–Trinajstić information content (AvgIpc) is 2.62. The quantitative estimate of drug-likeness (QED) is 0.869. The number of hydrogen-bond acceptors (Lipinski definition) is 4. The number of nitrogens with one attached hydrogen (secondary N) is 1. The van der Waals surface area contributed by atoms with Crippen LogP contribution in [0.1, 0.15) is 15.5 Å². The van der Waals surface area contributed by atoms with Gasteiger partial charge < -0.3 is 11.1 Å². The van der Waals surface area contributed by atoms with Gasteiger partial charge in [-0.15, -0.1) is 11.3 Å². The van der Waals surface area contributed by atoms with Gasteiger partial charge >= 0.3 is 0 Å². The lowest BCUT2D eigenvalue weighted by molar-refractivity contribution is 0.0953. The first-order valence-electron chi connectivity index (χ1n) is 3.89. The Morgan fingerprint density at radius 2 is 2.50 bits per heavy atom. The van der Waals surface area contributed by atoms with Crippen LogP contribution in [-0.4, -0.2) is 17.4 Å². The summed E-state index contributed by atoms with van der Waals surface area (Å²) in [7, 11) is 0. The molecular formula is C8H10BrN3OS. The molecule has 1 rings (SSSR count). The topological polar surface area (TPSA) is 68.0 Å². The van der Waals surface area contributed by atoms with Crippen molar-refractivity contribution in [1.29, 1.82) is 0 Å². The molecular weight excluding hydrogens is 266 g/mol. The van der Waals surface area contributed by atoms with Crippen LogP contribution in [0.2, 0.25) is 0 Å². The Morgan fingerprint density at radius 3 is 3.00 bits per heavy atom. The van der Waals surface area contributed by atoms with Gasteiger partial charge in [-0.2, -0.15) is 0 Å². The number of nitrogens with two attached hydrogens (primary N) is 1. The van der Waals surface area contributed by atoms with E-state index in [0.717, 1.165) is 9.49 Å². The minimum Gasteiger partial charge on any atom is -0.346 e. The molecule has 14 heavy (non-hydrogen) atoms. The van der Waals surface area contributed by atoms with E-state index in [1.54, 1.807) is 5.38 Å². The van der Waals surface area contributed by atoms with Crippen molar-refractivity contribution in [2.75, 3.05) is 6.54 Å². The minimum absolute atomic E-state index is 0.207. The SMILES string of the molecule is C=C(Br)CNC(=O)c1csc(CN)n1. The highest BCUT2D eigenvalue weighted by molar-refractivity contribution is 9.11. The van der Waals surface area contributed by atoms with Crippen LogP contribution in [0.5, 0.6) is 0 Å². The van der Waals surface area contributed by atoms with E-state index in [0.29, 0.717) is 18.8 Å². The minimum atomic E-state index is -0.207. The van der Waals surface area contributed by atoms with Gasteiger partial charge in [-0.3, -0.25) is 4.79 Å². The third-order valence-electron chi connectivity index (χ3n) is 1.40. The molecule has 3 N–H and O–H groups in total. The summed E-state index contributed by atoms with van der Waals surface area (Å²) in [4.78, 5) is 15.5. The molecule has 0 aliphatic carbocycles. The van der Waals surface area contributed by atoms with Crippen LogP contribution in [0, 0.1) is 0 Å². The van der Waals surface area contributed by atoms with Gasteiger partial charge in [0.05, 0.1) is 0 Å². The second-order valence-corrected chi connectivity index (χ2v) is 4.59. The van der Waals surface area contributed by atoms with Crippen LogP contribution < -0.4 is 11.1 Å². The molecule has 76 valence electrons. The number of thiazole rings is 1. The molecule has 0 saturated carbocycles. The van der Waals surface area contributed by atoms with Crippen molar-refractivity contribution in [3.05, 3.63) is 27.1 Å². The highest BCUT2D eigenvalue weighted by Crippen LogP contribution is 2.08. The fourth-order valence-corrected chi connectivity index (χ4v) is 1.57. The smallest absolute Gasteiger partial charge is 0.271 e. The van der Waals surface area contributed by atoms with Gasteiger partial charge in [-0.05, 0) is 0 Å². The molecule has 0 bridgehead atoms. The number of nitrogens with zero attached hydrogens (tertiary/aromatic N) is 1. The first-order valence-corrected chi connectivity index (χ1v) is 5.56. The fourth-order valence-electron chi connectivity index (χ4n) is 0.776. The molecule has 6 heteroatoms. The van der Waals surface area contributed by atoms with Gasteiger partial charge in [0.1, 0.15) is 10.7 Å². The van der Waals surface area contributed by atoms with Crippen LogP contribution in [0.3, 0.4) is 0 Å². The Hall–Kier alpha value is -0.720. The largest absolute Gasteiger partial charge is 0.346 e. The molecule has 1 amide bonds. The first-order chi connectivity index (χ1) is 6.63. The monoisotopic (exact) mass is 275 g/mol. The second-order valence-electron chi connectivity index (χ2n) is 2.53. The van der Waals surface area contributed by atoms with Gasteiger partial charge in [0, 0.05) is 23.0 Å². The maximum Gasteiger partial charge on any atom is 0.271 e. The van der Waals surface area contributed by atoms with Crippen molar-refractivity contribution in [3.63, 3.8) is 0 Å². The zero-order chi connectivity index (χ0) is 10.6. The highest BCUT2D eigenvalue weighted by atomic mass is 79.9. The number of halogens is 1. The standard InChI is InChI=1S/C8H10BrN3OS/c1-5(9)3-11-8(13)6-4-14-7(2-10)12-6/h4H,1-3,10H2,(H,11,13). The second kappa shape index (κ2) is 5.23. The Bertz CT molecular complexity index is 350. The molecule has 1 aromatic heterocycles. The zero-order valence-corrected chi connectivity index (χ0v) is 9.82. The molecule has 0 radical (unpaired) electrons. The van der Waals surface area contributed by atoms with Crippen LogP contribution >= 0.6 is 27.3 Å². The van der Waals surface area contributed by atoms with Crippen molar-refractivity contribution in [3.8, 4) is 0 Å². The fraction of sp³-hybridized carbons (Fsp3) is 0.250. The normalized spacial score (nSPS) is 9.86. The lowest BCUT2D eigenvalue weighted by Crippen LogP contribution is -2.24. The van der Waals surface area contributed by atoms with Crippen LogP contribution in [0.15, 0.2) is 16.4 Å². The summed E-state index contributed by atoms with van der Waals surface area (Å²) in [6.45, 7) is 4.37. The van der Waals surface area contributed by atoms with E-state index in [4.69, 9.17) is 5.73 Å². The van der Waals surface area contributed by atoms with E-state index in [1.165, 1.54) is 11.3 Å². The van der Waals surface area contributed by atoms with E-state index < -0.39 is 0 Å². The van der Waals surface area contributed by atoms with Crippen molar-refractivity contribution >= 4 is 33.2 Å². The zero-order valence-electron chi connectivity index (χ0n) is 7.42. The summed E-state index contributed by atoms with van der Waals surface area (Å²) in [5.74, 6) is -0.207. The molecule has 4 nitrogen and oxygen atoms in total. The van der Waals surface area contributed by atoms with E-state index >= 15 is 0 Å². The number of hydrogen-bond donors (Lipinski definition) is 2. The Kier molecular flexibility index (Phi) is 4.24. The average molecular weight is 276 g/mol. The first kappa shape index (κ1) is 11.4. The van der Waals surface area contributed by atoms with Crippen molar-refractivity contribution in [2.24, 2.45) is 5.73 Å². The lowest BCUT2D eigenvalue weighted by Gasteiger charge is -1.99. The number of carbonyl (C=O) groups is 1. The molecule has 0 saturated heterocycles. The maximum absolute atomic E-state index is 11.4. The number of aromatic nitrogens is 1. The summed E-state index contributed by atoms with van der Waals surface area (Å²) in [6, 6.07) is 0. The number of rotatable bonds is 4. The van der Waals surface area contributed by atoms with E-state index in [2.05, 4.69) is 32.8 Å². The summed E-state index contributed by atoms with van der Waals surface area (Å²) < 4.78 is 0.722. The van der Waals surface area contributed by atoms with Crippen LogP contribution in [0.4, 0.5) is 0 Å². The Balaban J connectivity index is 2.56. The highest BCUT2D eigenvalue weighted by Gasteiger charge is 2.09. The molecule has 1 aromatic rings. The molecule has 0 fully saturated rings. The lowest BCUT2D eigenvalue weighted by atomic mass is 10.4. The van der Waals surface area contributed by atoms with Gasteiger partial charge in [0.2, 0.25) is 0 Å². The molecule has 1 heterocycles. The summed E-state index contributed by atoms with van der Waals surface area (Å²) in [6.07, 6.45) is 0. The van der Waals surface area contributed by atoms with E-state index in [1.807, 2.05) is 0 Å². The van der Waals surface area contributed by atoms with E-state index in [9.17, 15) is 4.79 Å². The van der Waals surface area contributed by atoms with Crippen molar-refractivity contribution in [1.82, 2.24) is 10.3 Å². The molecule has 0 spiro atoms. The Labute approximate surface area is 94.3 Å². The Morgan fingerprint density at radius 1 is 1.79 bits per heavy atom. The van der Waals surface area contributed by atoms with Crippen molar-refractivity contribution in [2.45, 2.75) is 6.54 Å². The summed E-state index contributed by atoms with van der Waals surface area (Å²) in [5.41, 5.74) is 5.79. The predicted octanol–water partition coefficient (Wildman–Crippen LogP) is 1.24. The molecule has 0 aromatic carbocycles. The van der Waals surface area contributed by atoms with E-state index in [-0.39, 0.29) is 5.91 Å². The number of carbonyl (C=O) groups excluding carboxylic acids is 1. The van der Waals surface area contributed by atoms with Crippen LogP contribution in [0.25, 0.3) is 0 Å². The molecule has 0 aliphatic heterocycles. The maximum atomic E-state index is 11.4. The third kappa shape index (κ3) is 3.21. The van der Waals surface area contributed by atoms with Gasteiger partial charge in [-0.25, -0.2) is 4.98 Å². The third-order valence-corrected chi connectivity index (χ3v) is 2.55. The van der Waals surface area contributed by atoms with Gasteiger partial charge in [0.15, 0.2) is 0 Å². The molecule has 0 atom stereocenters. The van der Waals surface area contributed by atoms with Crippen LogP contribution in [-0.2, 0) is 6.54 Å². The molecule has 0 unspecified atom stereocenters. The summed E-state index contributed by atoms with van der Waals surface area (Å²) >= 11 is 4.53.